The number of nitrogen functional groups attached to an aromatic ring is 1. The second-order valence-electron chi connectivity index (χ2n) is 3.54. The van der Waals surface area contributed by atoms with Crippen LogP contribution in [-0.4, -0.2) is 0 Å². The van der Waals surface area contributed by atoms with Crippen LogP contribution in [0.15, 0.2) is 40.9 Å². The summed E-state index contributed by atoms with van der Waals surface area (Å²) in [6, 6.07) is 10.9. The van der Waals surface area contributed by atoms with Crippen LogP contribution in [0.3, 0.4) is 0 Å². The lowest BCUT2D eigenvalue weighted by Crippen LogP contribution is -1.94. The van der Waals surface area contributed by atoms with E-state index in [0.717, 1.165) is 4.47 Å². The van der Waals surface area contributed by atoms with Gasteiger partial charge in [0.2, 0.25) is 0 Å². The molecule has 0 spiro atoms. The third-order valence-corrected chi connectivity index (χ3v) is 2.75. The van der Waals surface area contributed by atoms with E-state index < -0.39 is 5.82 Å². The Bertz CT molecular complexity index is 637. The molecule has 18 heavy (non-hydrogen) atoms. The van der Waals surface area contributed by atoms with Gasteiger partial charge in [-0.3, -0.25) is 0 Å². The maximum atomic E-state index is 12.9. The number of nitrogens with two attached hydrogens (primary N) is 1. The molecule has 0 saturated carbocycles. The van der Waals surface area contributed by atoms with Crippen molar-refractivity contribution in [1.82, 2.24) is 0 Å². The van der Waals surface area contributed by atoms with Crippen molar-refractivity contribution in [2.45, 2.75) is 0 Å². The molecule has 0 fully saturated rings. The van der Waals surface area contributed by atoms with Crippen molar-refractivity contribution in [3.05, 3.63) is 52.3 Å². The number of rotatable bonds is 2. The minimum atomic E-state index is -0.434. The molecule has 0 atom stereocenters. The van der Waals surface area contributed by atoms with Crippen molar-refractivity contribution in [2.75, 3.05) is 5.73 Å². The Morgan fingerprint density at radius 3 is 2.56 bits per heavy atom. The molecule has 0 saturated heterocycles. The van der Waals surface area contributed by atoms with Crippen LogP contribution in [-0.2, 0) is 0 Å². The largest absolute Gasteiger partial charge is 0.454 e. The summed E-state index contributed by atoms with van der Waals surface area (Å²) in [6.07, 6.45) is 0. The molecule has 0 radical (unpaired) electrons. The summed E-state index contributed by atoms with van der Waals surface area (Å²) in [5.74, 6) is 0.255. The van der Waals surface area contributed by atoms with E-state index in [4.69, 9.17) is 15.7 Å². The number of anilines is 1. The molecule has 0 unspecified atom stereocenters. The molecular formula is C13H8BrFN2O. The van der Waals surface area contributed by atoms with Gasteiger partial charge in [-0.15, -0.1) is 0 Å². The maximum Gasteiger partial charge on any atom is 0.150 e. The van der Waals surface area contributed by atoms with E-state index in [9.17, 15) is 4.39 Å². The molecule has 0 bridgehead atoms. The average molecular weight is 307 g/mol. The van der Waals surface area contributed by atoms with Crippen LogP contribution in [0.5, 0.6) is 11.5 Å². The minimum absolute atomic E-state index is 0.182. The van der Waals surface area contributed by atoms with Gasteiger partial charge >= 0.3 is 0 Å². The predicted molar refractivity (Wildman–Crippen MR) is 69.7 cm³/mol. The maximum absolute atomic E-state index is 12.9. The fraction of sp³-hybridized carbons (Fsp3) is 0. The lowest BCUT2D eigenvalue weighted by Gasteiger charge is -2.09. The summed E-state index contributed by atoms with van der Waals surface area (Å²) in [6.45, 7) is 0. The molecule has 2 N–H and O–H groups in total. The van der Waals surface area contributed by atoms with E-state index in [1.165, 1.54) is 18.2 Å². The molecular weight excluding hydrogens is 299 g/mol. The van der Waals surface area contributed by atoms with Crippen molar-refractivity contribution < 1.29 is 9.13 Å². The summed E-state index contributed by atoms with van der Waals surface area (Å²) in [5.41, 5.74) is 6.18. The van der Waals surface area contributed by atoms with E-state index in [-0.39, 0.29) is 5.69 Å². The van der Waals surface area contributed by atoms with E-state index in [2.05, 4.69) is 15.9 Å². The fourth-order valence-corrected chi connectivity index (χ4v) is 1.77. The second kappa shape index (κ2) is 5.07. The van der Waals surface area contributed by atoms with Crippen LogP contribution in [0.1, 0.15) is 5.56 Å². The number of halogens is 2. The number of nitrogens with zero attached hydrogens (tertiary/aromatic N) is 1. The van der Waals surface area contributed by atoms with Crippen LogP contribution in [0.25, 0.3) is 0 Å². The lowest BCUT2D eigenvalue weighted by molar-refractivity contribution is 0.481. The smallest absolute Gasteiger partial charge is 0.150 e. The zero-order valence-corrected chi connectivity index (χ0v) is 10.7. The molecule has 5 heteroatoms. The van der Waals surface area contributed by atoms with E-state index in [0.29, 0.717) is 17.1 Å². The lowest BCUT2D eigenvalue weighted by atomic mass is 10.2. The van der Waals surface area contributed by atoms with Crippen molar-refractivity contribution in [1.29, 1.82) is 5.26 Å². The Labute approximate surface area is 112 Å². The number of nitriles is 1. The number of hydrogen-bond acceptors (Lipinski definition) is 3. The number of hydrogen-bond donors (Lipinski definition) is 1. The van der Waals surface area contributed by atoms with E-state index in [1.807, 2.05) is 6.07 Å². The molecule has 3 nitrogen and oxygen atoms in total. The van der Waals surface area contributed by atoms with Gasteiger partial charge in [-0.2, -0.15) is 5.26 Å². The highest BCUT2D eigenvalue weighted by molar-refractivity contribution is 9.10. The molecule has 0 amide bonds. The summed E-state index contributed by atoms with van der Waals surface area (Å²) in [5, 5.41) is 8.99. The standard InChI is InChI=1S/C13H8BrFN2O/c14-9-1-3-12(8(5-9)7-16)18-13-4-2-10(15)6-11(13)17/h1-6H,17H2. The number of benzene rings is 2. The summed E-state index contributed by atoms with van der Waals surface area (Å²) in [7, 11) is 0. The summed E-state index contributed by atoms with van der Waals surface area (Å²) in [4.78, 5) is 0. The normalized spacial score (nSPS) is 9.83. The first-order valence-electron chi connectivity index (χ1n) is 5.02. The van der Waals surface area contributed by atoms with Gasteiger partial charge < -0.3 is 10.5 Å². The molecule has 2 aromatic rings. The molecule has 90 valence electrons. The van der Waals surface area contributed by atoms with Crippen LogP contribution in [0.2, 0.25) is 0 Å². The van der Waals surface area contributed by atoms with Crippen molar-refractivity contribution in [2.24, 2.45) is 0 Å². The van der Waals surface area contributed by atoms with E-state index >= 15 is 0 Å². The molecule has 2 rings (SSSR count). The van der Waals surface area contributed by atoms with Crippen LogP contribution >= 0.6 is 15.9 Å². The topological polar surface area (TPSA) is 59.0 Å². The molecule has 0 heterocycles. The highest BCUT2D eigenvalue weighted by Crippen LogP contribution is 2.31. The van der Waals surface area contributed by atoms with Crippen molar-refractivity contribution in [3.8, 4) is 17.6 Å². The zero-order chi connectivity index (χ0) is 13.1. The SMILES string of the molecule is N#Cc1cc(Br)ccc1Oc1ccc(F)cc1N. The quantitative estimate of drug-likeness (QED) is 0.858. The van der Waals surface area contributed by atoms with Crippen molar-refractivity contribution >= 4 is 21.6 Å². The monoisotopic (exact) mass is 306 g/mol. The highest BCUT2D eigenvalue weighted by atomic mass is 79.9. The Hall–Kier alpha value is -2.06. The van der Waals surface area contributed by atoms with Gasteiger partial charge in [0.1, 0.15) is 17.6 Å². The van der Waals surface area contributed by atoms with Gasteiger partial charge in [-0.05, 0) is 30.3 Å². The predicted octanol–water partition coefficient (Wildman–Crippen LogP) is 3.83. The first-order valence-corrected chi connectivity index (χ1v) is 5.82. The van der Waals surface area contributed by atoms with Gasteiger partial charge in [0.05, 0.1) is 11.3 Å². The molecule has 2 aromatic carbocycles. The Morgan fingerprint density at radius 1 is 1.17 bits per heavy atom. The molecule has 0 aliphatic heterocycles. The van der Waals surface area contributed by atoms with Gasteiger partial charge in [0.25, 0.3) is 0 Å². The van der Waals surface area contributed by atoms with E-state index in [1.54, 1.807) is 18.2 Å². The molecule has 0 aromatic heterocycles. The summed E-state index contributed by atoms with van der Waals surface area (Å²) < 4.78 is 19.2. The average Bonchev–Trinajstić information content (AvgIpc) is 2.34. The Balaban J connectivity index is 2.37. The zero-order valence-electron chi connectivity index (χ0n) is 9.15. The van der Waals surface area contributed by atoms with Crippen molar-refractivity contribution in [3.63, 3.8) is 0 Å². The third kappa shape index (κ3) is 2.60. The second-order valence-corrected chi connectivity index (χ2v) is 4.45. The van der Waals surface area contributed by atoms with Crippen LogP contribution in [0.4, 0.5) is 10.1 Å². The van der Waals surface area contributed by atoms with Gasteiger partial charge in [0.15, 0.2) is 5.75 Å². The Kier molecular flexibility index (Phi) is 3.49. The third-order valence-electron chi connectivity index (χ3n) is 2.25. The summed E-state index contributed by atoms with van der Waals surface area (Å²) >= 11 is 3.27. The van der Waals surface area contributed by atoms with Gasteiger partial charge in [-0.1, -0.05) is 15.9 Å². The van der Waals surface area contributed by atoms with Gasteiger partial charge in [0, 0.05) is 10.5 Å². The van der Waals surface area contributed by atoms with Gasteiger partial charge in [-0.25, -0.2) is 4.39 Å². The molecule has 0 aliphatic rings. The number of ether oxygens (including phenoxy) is 1. The first kappa shape index (κ1) is 12.4. The first-order chi connectivity index (χ1) is 8.60. The molecule has 0 aliphatic carbocycles. The Morgan fingerprint density at radius 2 is 1.89 bits per heavy atom. The van der Waals surface area contributed by atoms with Crippen LogP contribution in [0, 0.1) is 17.1 Å². The minimum Gasteiger partial charge on any atom is -0.454 e. The van der Waals surface area contributed by atoms with Crippen LogP contribution < -0.4 is 10.5 Å². The highest BCUT2D eigenvalue weighted by Gasteiger charge is 2.08. The fourth-order valence-electron chi connectivity index (χ4n) is 1.41.